The van der Waals surface area contributed by atoms with Crippen molar-refractivity contribution in [2.24, 2.45) is 0 Å². The number of anilines is 1. The smallest absolute Gasteiger partial charge is 0.230 e. The summed E-state index contributed by atoms with van der Waals surface area (Å²) in [5, 5.41) is 0. The van der Waals surface area contributed by atoms with Gasteiger partial charge in [-0.2, -0.15) is 0 Å². The van der Waals surface area contributed by atoms with Gasteiger partial charge in [-0.15, -0.1) is 0 Å². The van der Waals surface area contributed by atoms with Gasteiger partial charge in [0.15, 0.2) is 11.5 Å². The molecule has 2 heterocycles. The van der Waals surface area contributed by atoms with Crippen molar-refractivity contribution in [3.63, 3.8) is 0 Å². The molecule has 2 aromatic rings. The summed E-state index contributed by atoms with van der Waals surface area (Å²) < 4.78 is 11.0. The molecule has 1 fully saturated rings. The van der Waals surface area contributed by atoms with Crippen molar-refractivity contribution in [2.75, 3.05) is 32.3 Å². The molecule has 1 amide bonds. The van der Waals surface area contributed by atoms with Crippen molar-refractivity contribution < 1.29 is 14.3 Å². The monoisotopic (exact) mass is 352 g/mol. The molecule has 26 heavy (non-hydrogen) atoms. The maximum Gasteiger partial charge on any atom is 0.230 e. The van der Waals surface area contributed by atoms with E-state index in [4.69, 9.17) is 9.47 Å². The van der Waals surface area contributed by atoms with Crippen molar-refractivity contribution >= 4 is 11.6 Å². The number of carbonyl (C=O) groups is 1. The number of carbonyl (C=O) groups excluding carboxylic acids is 1. The second-order valence-electron chi connectivity index (χ2n) is 7.13. The largest absolute Gasteiger partial charge is 0.493 e. The van der Waals surface area contributed by atoms with Crippen LogP contribution < -0.4 is 14.4 Å². The molecule has 0 saturated carbocycles. The minimum absolute atomic E-state index is 0.151. The number of para-hydroxylation sites is 1. The van der Waals surface area contributed by atoms with Crippen LogP contribution in [-0.4, -0.2) is 38.2 Å². The summed E-state index contributed by atoms with van der Waals surface area (Å²) in [6.45, 7) is 3.68. The molecule has 0 radical (unpaired) electrons. The van der Waals surface area contributed by atoms with Crippen LogP contribution in [0.15, 0.2) is 42.5 Å². The highest BCUT2D eigenvalue weighted by molar-refractivity contribution is 5.95. The summed E-state index contributed by atoms with van der Waals surface area (Å²) in [6.07, 6.45) is 1.38. The van der Waals surface area contributed by atoms with Crippen LogP contribution in [-0.2, 0) is 16.8 Å². The van der Waals surface area contributed by atoms with Gasteiger partial charge in [0.1, 0.15) is 0 Å². The number of benzene rings is 2. The van der Waals surface area contributed by atoms with Crippen LogP contribution in [0.2, 0.25) is 0 Å². The quantitative estimate of drug-likeness (QED) is 0.851. The molecule has 2 aliphatic rings. The number of hydrogen-bond acceptors (Lipinski definition) is 4. The molecule has 1 saturated heterocycles. The Hall–Kier alpha value is -2.53. The molecule has 4 rings (SSSR count). The van der Waals surface area contributed by atoms with Gasteiger partial charge in [-0.25, -0.2) is 0 Å². The lowest BCUT2D eigenvalue weighted by atomic mass is 9.78. The summed E-state index contributed by atoms with van der Waals surface area (Å²) in [7, 11) is 3.30. The molecule has 0 N–H and O–H groups in total. The standard InChI is InChI=1S/C21H24N2O3/c1-21-13-20(24)23(16-7-5-4-6-8-16)14-22(21)10-9-15-11-18(25-2)19(26-3)12-17(15)21/h4-8,11-12H,9-10,13-14H2,1-3H3. The van der Waals surface area contributed by atoms with Crippen molar-refractivity contribution in [2.45, 2.75) is 25.3 Å². The molecule has 0 spiro atoms. The van der Waals surface area contributed by atoms with Gasteiger partial charge in [0.25, 0.3) is 0 Å². The van der Waals surface area contributed by atoms with E-state index in [9.17, 15) is 4.79 Å². The van der Waals surface area contributed by atoms with Crippen LogP contribution in [0, 0.1) is 0 Å². The molecule has 1 atom stereocenters. The summed E-state index contributed by atoms with van der Waals surface area (Å²) in [5.74, 6) is 1.61. The third-order valence-electron chi connectivity index (χ3n) is 5.72. The molecule has 0 aromatic heterocycles. The molecule has 0 bridgehead atoms. The number of nitrogens with zero attached hydrogens (tertiary/aromatic N) is 2. The molecule has 5 nitrogen and oxygen atoms in total. The zero-order valence-corrected chi connectivity index (χ0v) is 15.5. The highest BCUT2D eigenvalue weighted by Crippen LogP contribution is 2.45. The second kappa shape index (κ2) is 6.32. The van der Waals surface area contributed by atoms with E-state index in [-0.39, 0.29) is 11.4 Å². The first-order chi connectivity index (χ1) is 12.6. The first-order valence-electron chi connectivity index (χ1n) is 8.92. The van der Waals surface area contributed by atoms with Gasteiger partial charge in [-0.05, 0) is 48.7 Å². The molecule has 2 aromatic carbocycles. The van der Waals surface area contributed by atoms with Crippen LogP contribution in [0.1, 0.15) is 24.5 Å². The maximum atomic E-state index is 13.0. The van der Waals surface area contributed by atoms with E-state index in [1.807, 2.05) is 41.3 Å². The fourth-order valence-electron chi connectivity index (χ4n) is 4.21. The molecule has 1 unspecified atom stereocenters. The predicted molar refractivity (Wildman–Crippen MR) is 101 cm³/mol. The SMILES string of the molecule is COc1cc2c(cc1OC)C1(C)CC(=O)N(c3ccccc3)CN1CC2. The Morgan fingerprint density at radius 2 is 1.73 bits per heavy atom. The molecule has 0 aliphatic carbocycles. The number of methoxy groups -OCH3 is 2. The number of fused-ring (bicyclic) bond motifs is 3. The average Bonchev–Trinajstić information content (AvgIpc) is 2.67. The average molecular weight is 352 g/mol. The van der Waals surface area contributed by atoms with Crippen molar-refractivity contribution in [3.05, 3.63) is 53.6 Å². The Morgan fingerprint density at radius 3 is 2.42 bits per heavy atom. The van der Waals surface area contributed by atoms with E-state index in [1.165, 1.54) is 11.1 Å². The van der Waals surface area contributed by atoms with E-state index in [1.54, 1.807) is 14.2 Å². The van der Waals surface area contributed by atoms with E-state index in [2.05, 4.69) is 17.9 Å². The fraction of sp³-hybridized carbons (Fsp3) is 0.381. The van der Waals surface area contributed by atoms with Gasteiger partial charge >= 0.3 is 0 Å². The lowest BCUT2D eigenvalue weighted by Gasteiger charge is -2.51. The lowest BCUT2D eigenvalue weighted by molar-refractivity contribution is -0.126. The van der Waals surface area contributed by atoms with Crippen LogP contribution in [0.3, 0.4) is 0 Å². The Labute approximate surface area is 154 Å². The van der Waals surface area contributed by atoms with E-state index in [0.717, 1.165) is 24.4 Å². The van der Waals surface area contributed by atoms with Gasteiger partial charge in [0, 0.05) is 18.7 Å². The predicted octanol–water partition coefficient (Wildman–Crippen LogP) is 3.17. The lowest BCUT2D eigenvalue weighted by Crippen LogP contribution is -2.60. The number of ether oxygens (including phenoxy) is 2. The highest BCUT2D eigenvalue weighted by atomic mass is 16.5. The van der Waals surface area contributed by atoms with E-state index >= 15 is 0 Å². The topological polar surface area (TPSA) is 42.0 Å². The van der Waals surface area contributed by atoms with Crippen molar-refractivity contribution in [3.8, 4) is 11.5 Å². The first kappa shape index (κ1) is 16.9. The second-order valence-corrected chi connectivity index (χ2v) is 7.13. The third kappa shape index (κ3) is 2.54. The zero-order valence-electron chi connectivity index (χ0n) is 15.5. The normalized spacial score (nSPS) is 22.6. The minimum atomic E-state index is -0.324. The number of amides is 1. The minimum Gasteiger partial charge on any atom is -0.493 e. The Balaban J connectivity index is 1.73. The van der Waals surface area contributed by atoms with E-state index in [0.29, 0.717) is 18.8 Å². The van der Waals surface area contributed by atoms with Gasteiger partial charge in [-0.3, -0.25) is 14.6 Å². The molecular formula is C21H24N2O3. The van der Waals surface area contributed by atoms with Gasteiger partial charge < -0.3 is 9.47 Å². The van der Waals surface area contributed by atoms with Gasteiger partial charge in [0.05, 0.1) is 26.4 Å². The summed E-state index contributed by atoms with van der Waals surface area (Å²) >= 11 is 0. The first-order valence-corrected chi connectivity index (χ1v) is 8.92. The molecule has 136 valence electrons. The summed E-state index contributed by atoms with van der Waals surface area (Å²) in [4.78, 5) is 17.3. The zero-order chi connectivity index (χ0) is 18.3. The highest BCUT2D eigenvalue weighted by Gasteiger charge is 2.46. The number of rotatable bonds is 3. The summed E-state index contributed by atoms with van der Waals surface area (Å²) in [6, 6.07) is 14.0. The van der Waals surface area contributed by atoms with Gasteiger partial charge in [0.2, 0.25) is 5.91 Å². The van der Waals surface area contributed by atoms with Crippen molar-refractivity contribution in [1.29, 1.82) is 0 Å². The Morgan fingerprint density at radius 1 is 1.04 bits per heavy atom. The molecule has 2 aliphatic heterocycles. The molecule has 5 heteroatoms. The summed E-state index contributed by atoms with van der Waals surface area (Å²) in [5.41, 5.74) is 3.04. The fourth-order valence-corrected chi connectivity index (χ4v) is 4.21. The Kier molecular flexibility index (Phi) is 4.11. The maximum absolute atomic E-state index is 13.0. The molecular weight excluding hydrogens is 328 g/mol. The number of hydrogen-bond donors (Lipinski definition) is 0. The van der Waals surface area contributed by atoms with Crippen LogP contribution in [0.5, 0.6) is 11.5 Å². The van der Waals surface area contributed by atoms with Crippen LogP contribution in [0.4, 0.5) is 5.69 Å². The van der Waals surface area contributed by atoms with Crippen molar-refractivity contribution in [1.82, 2.24) is 4.90 Å². The Bertz CT molecular complexity index is 837. The third-order valence-corrected chi connectivity index (χ3v) is 5.72. The van der Waals surface area contributed by atoms with Crippen LogP contribution >= 0.6 is 0 Å². The van der Waals surface area contributed by atoms with Crippen LogP contribution in [0.25, 0.3) is 0 Å². The van der Waals surface area contributed by atoms with E-state index < -0.39 is 0 Å². The van der Waals surface area contributed by atoms with Gasteiger partial charge in [-0.1, -0.05) is 18.2 Å².